The second-order valence-electron chi connectivity index (χ2n) is 32.5. The molecule has 4 fully saturated rings. The maximum Gasteiger partial charge on any atom is 0.262 e. The van der Waals surface area contributed by atoms with Gasteiger partial charge < -0.3 is 44.4 Å². The van der Waals surface area contributed by atoms with E-state index >= 15 is 28.8 Å². The van der Waals surface area contributed by atoms with Crippen molar-refractivity contribution in [3.05, 3.63) is 166 Å². The molecule has 0 spiro atoms. The fourth-order valence-electron chi connectivity index (χ4n) is 16.9. The zero-order chi connectivity index (χ0) is 74.3. The van der Waals surface area contributed by atoms with Crippen molar-refractivity contribution in [2.45, 2.75) is 213 Å². The second-order valence-corrected chi connectivity index (χ2v) is 32.5. The third-order valence-corrected chi connectivity index (χ3v) is 22.9. The Morgan fingerprint density at radius 2 is 0.708 bits per heavy atom. The summed E-state index contributed by atoms with van der Waals surface area (Å²) in [5.74, 6) is -1.36. The lowest BCUT2D eigenvalue weighted by molar-refractivity contribution is -0.128. The van der Waals surface area contributed by atoms with E-state index in [4.69, 9.17) is 28.4 Å². The van der Waals surface area contributed by atoms with Crippen LogP contribution in [0.3, 0.4) is 0 Å². The number of imide groups is 2. The third kappa shape index (κ3) is 14.1. The van der Waals surface area contributed by atoms with Crippen molar-refractivity contribution in [1.82, 2.24) is 25.8 Å². The van der Waals surface area contributed by atoms with Crippen LogP contribution < -0.4 is 34.9 Å². The number of fused-ring (bicyclic) bond motifs is 2. The van der Waals surface area contributed by atoms with Gasteiger partial charge in [0.05, 0.1) is 47.7 Å². The zero-order valence-corrected chi connectivity index (χ0v) is 63.1. The number of rotatable bonds is 26. The first kappa shape index (κ1) is 72.2. The number of hydrogen-bond donors (Lipinski definition) is 3. The number of benzene rings is 9. The minimum atomic E-state index is -1.27. The van der Waals surface area contributed by atoms with Crippen LogP contribution in [0.1, 0.15) is 235 Å². The molecule has 552 valence electrons. The lowest BCUT2D eigenvalue weighted by Crippen LogP contribution is -2.58. The van der Waals surface area contributed by atoms with E-state index in [2.05, 4.69) is 71.3 Å². The molecule has 17 heteroatoms. The van der Waals surface area contributed by atoms with Crippen molar-refractivity contribution in [3.8, 4) is 46.0 Å². The molecule has 8 unspecified atom stereocenters. The highest BCUT2D eigenvalue weighted by molar-refractivity contribution is 6.45. The molecule has 106 heavy (non-hydrogen) atoms. The molecular formula is C89H99N5O12. The highest BCUT2D eigenvalue weighted by Gasteiger charge is 2.48. The standard InChI is InChI=1S/C89H99N5O12/c1-46(2)53-20-29-60(30-21-53)103-70-39-66-74-67(87(98)93(86(66)97)82(50(9)10)84(95)91-58-17-13-15-52(37-58)19-28-64-44-101-64)40-71(104-61-31-22-54(23-32-61)47(3)4)77-79-73(106-63-35-26-56(27-36-63)49(7)8)42-69-75-68(41-72(78(81(75)79)76(70)80(74)77)105-62-33-24-55(25-34-62)48(5)6)88(99)94(89(69)100)83(51(11)12)85(96)92-59-18-14-16-57(38-59)90-43-65-45-102-65/h20-27,29-36,39-42,46-52,57-59,64-65,82-83,90H,13-19,28,37-38,43-45H2,1-12H3,(H,91,95)(H,92,96). The lowest BCUT2D eigenvalue weighted by Gasteiger charge is -2.38. The number of hydrogen-bond acceptors (Lipinski definition) is 13. The van der Waals surface area contributed by atoms with E-state index in [1.807, 2.05) is 125 Å². The molecule has 0 aromatic heterocycles. The van der Waals surface area contributed by atoms with Crippen molar-refractivity contribution < 1.29 is 57.2 Å². The van der Waals surface area contributed by atoms with E-state index in [9.17, 15) is 0 Å². The number of epoxide rings is 2. The van der Waals surface area contributed by atoms with E-state index in [0.717, 1.165) is 110 Å². The van der Waals surface area contributed by atoms with E-state index < -0.39 is 59.4 Å². The van der Waals surface area contributed by atoms with Crippen molar-refractivity contribution >= 4 is 78.5 Å². The average molecular weight is 1430 g/mol. The number of carbonyl (C=O) groups excluding carboxylic acids is 6. The quantitative estimate of drug-likeness (QED) is 0.0200. The predicted molar refractivity (Wildman–Crippen MR) is 413 cm³/mol. The van der Waals surface area contributed by atoms with Crippen molar-refractivity contribution in [1.29, 1.82) is 0 Å². The van der Waals surface area contributed by atoms with Crippen LogP contribution in [0.4, 0.5) is 0 Å². The summed E-state index contributed by atoms with van der Waals surface area (Å²) in [4.78, 5) is 99.1. The minimum absolute atomic E-state index is 0.0852. The molecule has 2 saturated carbocycles. The van der Waals surface area contributed by atoms with Gasteiger partial charge in [-0.2, -0.15) is 0 Å². The van der Waals surface area contributed by atoms with E-state index in [-0.39, 0.29) is 104 Å². The van der Waals surface area contributed by atoms with Gasteiger partial charge >= 0.3 is 0 Å². The molecule has 6 aliphatic rings. The molecule has 15 rings (SSSR count). The first-order chi connectivity index (χ1) is 51.0. The minimum Gasteiger partial charge on any atom is -0.457 e. The summed E-state index contributed by atoms with van der Waals surface area (Å²) in [6, 6.07) is 35.0. The van der Waals surface area contributed by atoms with Gasteiger partial charge in [-0.3, -0.25) is 38.6 Å². The van der Waals surface area contributed by atoms with Gasteiger partial charge in [0.15, 0.2) is 0 Å². The first-order valence-electron chi connectivity index (χ1n) is 38.8. The largest absolute Gasteiger partial charge is 0.457 e. The van der Waals surface area contributed by atoms with E-state index in [0.29, 0.717) is 73.8 Å². The maximum absolute atomic E-state index is 16.5. The van der Waals surface area contributed by atoms with Gasteiger partial charge in [0.2, 0.25) is 11.8 Å². The molecule has 17 nitrogen and oxygen atoms in total. The number of carbonyl (C=O) groups is 6. The summed E-state index contributed by atoms with van der Waals surface area (Å²) < 4.78 is 40.6. The Morgan fingerprint density at radius 3 is 1.02 bits per heavy atom. The molecule has 4 heterocycles. The molecule has 2 saturated heterocycles. The van der Waals surface area contributed by atoms with Crippen LogP contribution in [0.15, 0.2) is 121 Å². The van der Waals surface area contributed by atoms with Crippen LogP contribution in [-0.2, 0) is 19.1 Å². The van der Waals surface area contributed by atoms with Crippen molar-refractivity contribution in [2.24, 2.45) is 17.8 Å². The summed E-state index contributed by atoms with van der Waals surface area (Å²) in [5, 5.41) is 13.0. The first-order valence-corrected chi connectivity index (χ1v) is 38.8. The summed E-state index contributed by atoms with van der Waals surface area (Å²) in [6.45, 7) is 26.6. The van der Waals surface area contributed by atoms with Gasteiger partial charge in [-0.15, -0.1) is 0 Å². The number of ether oxygens (including phenoxy) is 6. The lowest BCUT2D eigenvalue weighted by atomic mass is 9.80. The number of amides is 6. The Balaban J connectivity index is 1.01. The third-order valence-electron chi connectivity index (χ3n) is 22.9. The monoisotopic (exact) mass is 1430 g/mol. The Hall–Kier alpha value is -9.42. The van der Waals surface area contributed by atoms with Gasteiger partial charge in [-0.1, -0.05) is 144 Å². The van der Waals surface area contributed by atoms with Gasteiger partial charge in [0.1, 0.15) is 58.1 Å². The summed E-state index contributed by atoms with van der Waals surface area (Å²) in [6.07, 6.45) is 9.26. The Bertz CT molecular complexity index is 4340. The molecular weight excluding hydrogens is 1330 g/mol. The normalized spacial score (nSPS) is 20.7. The number of nitrogens with zero attached hydrogens (tertiary/aromatic N) is 2. The maximum atomic E-state index is 16.5. The molecule has 4 aliphatic heterocycles. The second kappa shape index (κ2) is 29.4. The van der Waals surface area contributed by atoms with Gasteiger partial charge in [0, 0.05) is 67.8 Å². The van der Waals surface area contributed by atoms with Crippen LogP contribution in [-0.4, -0.2) is 107 Å². The van der Waals surface area contributed by atoms with Gasteiger partial charge in [0.25, 0.3) is 23.6 Å². The summed E-state index contributed by atoms with van der Waals surface area (Å²) in [5.41, 5.74) is 4.60. The van der Waals surface area contributed by atoms with Crippen LogP contribution in [0.5, 0.6) is 46.0 Å². The molecule has 0 bridgehead atoms. The Morgan fingerprint density at radius 1 is 0.396 bits per heavy atom. The van der Waals surface area contributed by atoms with E-state index in [1.54, 1.807) is 24.3 Å². The van der Waals surface area contributed by atoms with Crippen LogP contribution in [0.25, 0.3) is 43.1 Å². The van der Waals surface area contributed by atoms with Crippen LogP contribution in [0, 0.1) is 17.8 Å². The zero-order valence-electron chi connectivity index (χ0n) is 63.1. The Labute approximate surface area is 621 Å². The van der Waals surface area contributed by atoms with E-state index in [1.165, 1.54) is 0 Å². The molecule has 8 atom stereocenters. The summed E-state index contributed by atoms with van der Waals surface area (Å²) >= 11 is 0. The molecule has 3 N–H and O–H groups in total. The molecule has 0 radical (unpaired) electrons. The fourth-order valence-corrected chi connectivity index (χ4v) is 16.9. The SMILES string of the molecule is CC(C)c1ccc(Oc2cc3c4c(cc(Oc5ccc(C(C)C)cc5)c5c6c(Oc7ccc(C(C)C)cc7)cc7c8c(cc(Oc9ccc(C(C)C)cc9)c(c2c45)c86)C(=O)N(C(C(=O)NC2CCCC(NCC4CO4)C2)C(C)C)C7=O)C(=O)N(C(C(=O)NC2CCCC(CCC4CO4)C2)C(C)C)C3=O)cc1. The predicted octanol–water partition coefficient (Wildman–Crippen LogP) is 18.9. The summed E-state index contributed by atoms with van der Waals surface area (Å²) in [7, 11) is 0. The number of nitrogens with one attached hydrogen (secondary N) is 3. The topological polar surface area (TPSA) is 207 Å². The smallest absolute Gasteiger partial charge is 0.262 e. The average Bonchev–Trinajstić information content (AvgIpc) is 0.809. The van der Waals surface area contributed by atoms with Crippen LogP contribution in [0.2, 0.25) is 0 Å². The highest BCUT2D eigenvalue weighted by Crippen LogP contribution is 2.58. The fraction of sp³-hybridized carbons (Fsp3) is 0.438. The molecule has 6 amide bonds. The molecule has 9 aromatic carbocycles. The van der Waals surface area contributed by atoms with Gasteiger partial charge in [-0.25, -0.2) is 0 Å². The van der Waals surface area contributed by atoms with Crippen LogP contribution >= 0.6 is 0 Å². The molecule has 2 aliphatic carbocycles. The van der Waals surface area contributed by atoms with Gasteiger partial charge in [-0.05, 0) is 188 Å². The Kier molecular flexibility index (Phi) is 20.0. The van der Waals surface area contributed by atoms with Crippen molar-refractivity contribution in [3.63, 3.8) is 0 Å². The van der Waals surface area contributed by atoms with Crippen molar-refractivity contribution in [2.75, 3.05) is 19.8 Å². The highest BCUT2D eigenvalue weighted by atomic mass is 16.6. The molecule has 9 aromatic rings.